The van der Waals surface area contributed by atoms with Crippen LogP contribution in [0.1, 0.15) is 11.1 Å². The van der Waals surface area contributed by atoms with Crippen LogP contribution in [0.2, 0.25) is 0 Å². The minimum Gasteiger partial charge on any atom is -0.294 e. The molecule has 0 spiro atoms. The maximum Gasteiger partial charge on any atom is 0.416 e. The Morgan fingerprint density at radius 2 is 1.69 bits per heavy atom. The third kappa shape index (κ3) is 2.92. The van der Waals surface area contributed by atoms with E-state index in [0.29, 0.717) is 11.3 Å². The summed E-state index contributed by atoms with van der Waals surface area (Å²) in [5, 5.41) is 0. The Morgan fingerprint density at radius 1 is 1.12 bits per heavy atom. The summed E-state index contributed by atoms with van der Waals surface area (Å²) in [6, 6.07) is 4.83. The monoisotopic (exact) mass is 228 g/mol. The molecule has 16 heavy (non-hydrogen) atoms. The van der Waals surface area contributed by atoms with Gasteiger partial charge in [-0.2, -0.15) is 13.2 Å². The summed E-state index contributed by atoms with van der Waals surface area (Å²) in [4.78, 5) is 7.70. The number of alkyl halides is 3. The van der Waals surface area contributed by atoms with E-state index in [-0.39, 0.29) is 0 Å². The molecule has 0 aliphatic heterocycles. The molecule has 0 radical (unpaired) electrons. The summed E-state index contributed by atoms with van der Waals surface area (Å²) in [5.74, 6) is 0. The average Bonchev–Trinajstić information content (AvgIpc) is 2.25. The molecule has 0 unspecified atom stereocenters. The van der Waals surface area contributed by atoms with Crippen molar-refractivity contribution in [2.24, 2.45) is 9.98 Å². The van der Waals surface area contributed by atoms with Crippen molar-refractivity contribution >= 4 is 11.9 Å². The highest BCUT2D eigenvalue weighted by Crippen LogP contribution is 2.29. The van der Waals surface area contributed by atoms with Gasteiger partial charge in [-0.15, -0.1) is 0 Å². The van der Waals surface area contributed by atoms with Gasteiger partial charge in [0.05, 0.1) is 11.3 Å². The van der Waals surface area contributed by atoms with Gasteiger partial charge in [-0.1, -0.05) is 12.1 Å². The van der Waals surface area contributed by atoms with Crippen LogP contribution in [0.5, 0.6) is 0 Å². The van der Waals surface area contributed by atoms with Crippen molar-refractivity contribution in [1.29, 1.82) is 0 Å². The number of halogens is 3. The van der Waals surface area contributed by atoms with Crippen LogP contribution in [0.4, 0.5) is 13.2 Å². The van der Waals surface area contributed by atoms with Crippen LogP contribution in [0.25, 0.3) is 0 Å². The SMILES string of the molecule is CN=CC(=NC)c1ccc(C(F)(F)F)cc1. The predicted molar refractivity (Wildman–Crippen MR) is 58.3 cm³/mol. The van der Waals surface area contributed by atoms with Crippen LogP contribution >= 0.6 is 0 Å². The van der Waals surface area contributed by atoms with E-state index in [0.717, 1.165) is 12.1 Å². The lowest BCUT2D eigenvalue weighted by atomic mass is 10.1. The number of aliphatic imine (C=N–C) groups is 2. The number of rotatable bonds is 2. The highest BCUT2D eigenvalue weighted by molar-refractivity contribution is 6.38. The molecule has 0 atom stereocenters. The van der Waals surface area contributed by atoms with Gasteiger partial charge in [-0.05, 0) is 12.1 Å². The first-order valence-electron chi connectivity index (χ1n) is 4.55. The van der Waals surface area contributed by atoms with Crippen LogP contribution in [0.3, 0.4) is 0 Å². The summed E-state index contributed by atoms with van der Waals surface area (Å²) in [6.07, 6.45) is -2.80. The van der Waals surface area contributed by atoms with Gasteiger partial charge in [-0.25, -0.2) is 0 Å². The third-order valence-electron chi connectivity index (χ3n) is 2.00. The number of nitrogens with zero attached hydrogens (tertiary/aromatic N) is 2. The molecule has 0 aromatic heterocycles. The average molecular weight is 228 g/mol. The second kappa shape index (κ2) is 4.92. The predicted octanol–water partition coefficient (Wildman–Crippen LogP) is 2.82. The van der Waals surface area contributed by atoms with Gasteiger partial charge in [0.2, 0.25) is 0 Å². The molecule has 0 saturated heterocycles. The van der Waals surface area contributed by atoms with Gasteiger partial charge in [0.15, 0.2) is 0 Å². The fraction of sp³-hybridized carbons (Fsp3) is 0.273. The van der Waals surface area contributed by atoms with Crippen LogP contribution in [0.15, 0.2) is 34.3 Å². The van der Waals surface area contributed by atoms with E-state index in [1.807, 2.05) is 0 Å². The fourth-order valence-corrected chi connectivity index (χ4v) is 1.21. The number of hydrogen-bond donors (Lipinski definition) is 0. The quantitative estimate of drug-likeness (QED) is 0.695. The molecule has 1 aromatic rings. The lowest BCUT2D eigenvalue weighted by Gasteiger charge is -2.07. The van der Waals surface area contributed by atoms with Crippen LogP contribution in [-0.4, -0.2) is 26.0 Å². The van der Waals surface area contributed by atoms with E-state index in [4.69, 9.17) is 0 Å². The van der Waals surface area contributed by atoms with Crippen molar-refractivity contribution in [1.82, 2.24) is 0 Å². The molecule has 0 amide bonds. The Morgan fingerprint density at radius 3 is 2.06 bits per heavy atom. The van der Waals surface area contributed by atoms with Gasteiger partial charge in [-0.3, -0.25) is 9.98 Å². The molecule has 2 nitrogen and oxygen atoms in total. The van der Waals surface area contributed by atoms with Gasteiger partial charge in [0.25, 0.3) is 0 Å². The van der Waals surface area contributed by atoms with Crippen LogP contribution in [-0.2, 0) is 6.18 Å². The molecular weight excluding hydrogens is 217 g/mol. The van der Waals surface area contributed by atoms with Gasteiger partial charge in [0, 0.05) is 25.9 Å². The Balaban J connectivity index is 3.04. The van der Waals surface area contributed by atoms with Crippen LogP contribution in [0, 0.1) is 0 Å². The maximum atomic E-state index is 12.3. The minimum atomic E-state index is -4.30. The Kier molecular flexibility index (Phi) is 3.82. The Hall–Kier alpha value is -1.65. The highest BCUT2D eigenvalue weighted by atomic mass is 19.4. The molecular formula is C11H11F3N2. The van der Waals surface area contributed by atoms with E-state index in [2.05, 4.69) is 9.98 Å². The summed E-state index contributed by atoms with van der Waals surface area (Å²) in [5.41, 5.74) is 0.498. The minimum absolute atomic E-state index is 0.552. The van der Waals surface area contributed by atoms with Crippen LogP contribution < -0.4 is 0 Å². The first-order chi connectivity index (χ1) is 7.49. The van der Waals surface area contributed by atoms with Crippen molar-refractivity contribution in [3.05, 3.63) is 35.4 Å². The van der Waals surface area contributed by atoms with Gasteiger partial charge >= 0.3 is 6.18 Å². The van der Waals surface area contributed by atoms with Crippen molar-refractivity contribution in [3.63, 3.8) is 0 Å². The highest BCUT2D eigenvalue weighted by Gasteiger charge is 2.29. The molecule has 0 heterocycles. The summed E-state index contributed by atoms with van der Waals surface area (Å²) in [6.45, 7) is 0. The second-order valence-corrected chi connectivity index (χ2v) is 3.07. The maximum absolute atomic E-state index is 12.3. The number of hydrogen-bond acceptors (Lipinski definition) is 2. The molecule has 86 valence electrons. The second-order valence-electron chi connectivity index (χ2n) is 3.07. The largest absolute Gasteiger partial charge is 0.416 e. The van der Waals surface area contributed by atoms with Crippen molar-refractivity contribution in [2.45, 2.75) is 6.18 Å². The molecule has 1 aromatic carbocycles. The van der Waals surface area contributed by atoms with E-state index < -0.39 is 11.7 Å². The lowest BCUT2D eigenvalue weighted by molar-refractivity contribution is -0.137. The summed E-state index contributed by atoms with van der Waals surface area (Å²) >= 11 is 0. The zero-order valence-electron chi connectivity index (χ0n) is 8.92. The zero-order chi connectivity index (χ0) is 12.2. The molecule has 0 N–H and O–H groups in total. The first kappa shape index (κ1) is 12.4. The Labute approximate surface area is 91.5 Å². The fourth-order valence-electron chi connectivity index (χ4n) is 1.21. The van der Waals surface area contributed by atoms with Gasteiger partial charge < -0.3 is 0 Å². The third-order valence-corrected chi connectivity index (χ3v) is 2.00. The topological polar surface area (TPSA) is 24.7 Å². The van der Waals surface area contributed by atoms with E-state index in [9.17, 15) is 13.2 Å². The normalized spacial score (nSPS) is 13.4. The molecule has 0 aliphatic carbocycles. The van der Waals surface area contributed by atoms with E-state index >= 15 is 0 Å². The zero-order valence-corrected chi connectivity index (χ0v) is 8.92. The lowest BCUT2D eigenvalue weighted by Crippen LogP contribution is -2.07. The summed E-state index contributed by atoms with van der Waals surface area (Å²) in [7, 11) is 3.14. The van der Waals surface area contributed by atoms with Crippen molar-refractivity contribution in [2.75, 3.05) is 14.1 Å². The number of benzene rings is 1. The molecule has 0 aliphatic rings. The standard InChI is InChI=1S/C11H11F3N2/c1-15-7-10(16-2)8-3-5-9(6-4-8)11(12,13)14/h3-7H,1-2H3. The van der Waals surface area contributed by atoms with E-state index in [1.165, 1.54) is 18.3 Å². The smallest absolute Gasteiger partial charge is 0.294 e. The molecule has 0 bridgehead atoms. The molecule has 0 fully saturated rings. The first-order valence-corrected chi connectivity index (χ1v) is 4.55. The molecule has 1 rings (SSSR count). The van der Waals surface area contributed by atoms with Gasteiger partial charge in [0.1, 0.15) is 0 Å². The molecule has 0 saturated carbocycles. The van der Waals surface area contributed by atoms with Crippen molar-refractivity contribution in [3.8, 4) is 0 Å². The Bertz CT molecular complexity index is 402. The van der Waals surface area contributed by atoms with Crippen molar-refractivity contribution < 1.29 is 13.2 Å². The molecule has 5 heteroatoms. The summed E-state index contributed by atoms with van der Waals surface area (Å²) < 4.78 is 36.9. The van der Waals surface area contributed by atoms with E-state index in [1.54, 1.807) is 14.1 Å².